The molecule has 1 fully saturated rings. The van der Waals surface area contributed by atoms with Crippen LogP contribution < -0.4 is 5.32 Å². The Morgan fingerprint density at radius 3 is 2.47 bits per heavy atom. The van der Waals surface area contributed by atoms with Gasteiger partial charge in [-0.05, 0) is 43.4 Å². The summed E-state index contributed by atoms with van der Waals surface area (Å²) in [6, 6.07) is 8.79. The molecule has 1 aromatic carbocycles. The van der Waals surface area contributed by atoms with Gasteiger partial charge in [-0.3, -0.25) is 0 Å². The highest BCUT2D eigenvalue weighted by Crippen LogP contribution is 2.36. The fourth-order valence-corrected chi connectivity index (χ4v) is 3.46. The highest BCUT2D eigenvalue weighted by molar-refractivity contribution is 6.31. The molecule has 0 aliphatic heterocycles. The molecule has 0 aromatic heterocycles. The second kappa shape index (κ2) is 7.91. The molecule has 1 saturated carbocycles. The average molecular weight is 280 g/mol. The topological polar surface area (TPSA) is 12.0 Å². The van der Waals surface area contributed by atoms with Crippen LogP contribution in [-0.4, -0.2) is 6.54 Å². The largest absolute Gasteiger partial charge is 0.310 e. The molecular weight excluding hydrogens is 254 g/mol. The molecule has 106 valence electrons. The normalized spacial score (nSPS) is 19.1. The van der Waals surface area contributed by atoms with Crippen LogP contribution in [0, 0.1) is 5.92 Å². The lowest BCUT2D eigenvalue weighted by Crippen LogP contribution is -2.29. The second-order valence-corrected chi connectivity index (χ2v) is 6.11. The smallest absolute Gasteiger partial charge is 0.0453 e. The van der Waals surface area contributed by atoms with Crippen LogP contribution in [-0.2, 0) is 0 Å². The molecule has 2 rings (SSSR count). The van der Waals surface area contributed by atoms with Crippen LogP contribution in [0.1, 0.15) is 63.5 Å². The predicted molar refractivity (Wildman–Crippen MR) is 83.7 cm³/mol. The Kier molecular flexibility index (Phi) is 6.19. The van der Waals surface area contributed by atoms with Crippen LogP contribution in [0.2, 0.25) is 5.02 Å². The van der Waals surface area contributed by atoms with Crippen molar-refractivity contribution in [2.24, 2.45) is 5.92 Å². The molecule has 0 radical (unpaired) electrons. The van der Waals surface area contributed by atoms with Crippen LogP contribution in [0.4, 0.5) is 0 Å². The van der Waals surface area contributed by atoms with Gasteiger partial charge < -0.3 is 5.32 Å². The van der Waals surface area contributed by atoms with Gasteiger partial charge in [-0.25, -0.2) is 0 Å². The van der Waals surface area contributed by atoms with Gasteiger partial charge in [0, 0.05) is 11.1 Å². The van der Waals surface area contributed by atoms with Gasteiger partial charge in [-0.15, -0.1) is 0 Å². The van der Waals surface area contributed by atoms with Gasteiger partial charge in [-0.2, -0.15) is 0 Å². The van der Waals surface area contributed by atoms with E-state index in [1.165, 1.54) is 50.5 Å². The third kappa shape index (κ3) is 4.22. The second-order valence-electron chi connectivity index (χ2n) is 5.70. The van der Waals surface area contributed by atoms with Crippen molar-refractivity contribution in [3.8, 4) is 0 Å². The fourth-order valence-electron chi connectivity index (χ4n) is 3.20. The first kappa shape index (κ1) is 14.9. The predicted octanol–water partition coefficient (Wildman–Crippen LogP) is 5.35. The molecule has 0 amide bonds. The molecule has 0 bridgehead atoms. The quantitative estimate of drug-likeness (QED) is 0.716. The minimum atomic E-state index is 0.437. The van der Waals surface area contributed by atoms with Crippen molar-refractivity contribution in [2.75, 3.05) is 6.54 Å². The first-order valence-electron chi connectivity index (χ1n) is 7.80. The summed E-state index contributed by atoms with van der Waals surface area (Å²) in [6.45, 7) is 3.30. The van der Waals surface area contributed by atoms with Crippen molar-refractivity contribution in [2.45, 2.75) is 57.9 Å². The zero-order valence-electron chi connectivity index (χ0n) is 12.0. The number of hydrogen-bond donors (Lipinski definition) is 1. The molecule has 19 heavy (non-hydrogen) atoms. The third-order valence-corrected chi connectivity index (χ3v) is 4.57. The number of halogens is 1. The molecule has 0 heterocycles. The Bertz CT molecular complexity index is 369. The SMILES string of the molecule is CCCNC(c1ccccc1Cl)C1CCCCCC1. The van der Waals surface area contributed by atoms with Gasteiger partial charge in [0.25, 0.3) is 0 Å². The summed E-state index contributed by atoms with van der Waals surface area (Å²) in [7, 11) is 0. The van der Waals surface area contributed by atoms with E-state index in [1.807, 2.05) is 12.1 Å². The van der Waals surface area contributed by atoms with Gasteiger partial charge in [0.2, 0.25) is 0 Å². The molecule has 1 unspecified atom stereocenters. The molecule has 1 N–H and O–H groups in total. The highest BCUT2D eigenvalue weighted by Gasteiger charge is 2.24. The summed E-state index contributed by atoms with van der Waals surface area (Å²) in [6.07, 6.45) is 9.41. The Morgan fingerprint density at radius 1 is 1.16 bits per heavy atom. The highest BCUT2D eigenvalue weighted by atomic mass is 35.5. The molecule has 1 aromatic rings. The van der Waals surface area contributed by atoms with E-state index in [-0.39, 0.29) is 0 Å². The van der Waals surface area contributed by atoms with Crippen molar-refractivity contribution in [1.82, 2.24) is 5.32 Å². The molecule has 2 heteroatoms. The van der Waals surface area contributed by atoms with E-state index in [0.717, 1.165) is 17.5 Å². The van der Waals surface area contributed by atoms with E-state index in [2.05, 4.69) is 24.4 Å². The van der Waals surface area contributed by atoms with E-state index < -0.39 is 0 Å². The zero-order valence-corrected chi connectivity index (χ0v) is 12.8. The summed E-state index contributed by atoms with van der Waals surface area (Å²) in [5, 5.41) is 4.66. The van der Waals surface area contributed by atoms with Gasteiger partial charge in [0.15, 0.2) is 0 Å². The number of benzene rings is 1. The summed E-state index contributed by atoms with van der Waals surface area (Å²) in [5.41, 5.74) is 1.30. The number of rotatable bonds is 5. The van der Waals surface area contributed by atoms with Gasteiger partial charge >= 0.3 is 0 Å². The maximum atomic E-state index is 6.42. The number of hydrogen-bond acceptors (Lipinski definition) is 1. The first-order chi connectivity index (χ1) is 9.33. The van der Waals surface area contributed by atoms with E-state index >= 15 is 0 Å². The van der Waals surface area contributed by atoms with E-state index in [0.29, 0.717) is 6.04 Å². The third-order valence-electron chi connectivity index (χ3n) is 4.23. The average Bonchev–Trinajstić information content (AvgIpc) is 2.70. The Morgan fingerprint density at radius 2 is 1.84 bits per heavy atom. The van der Waals surface area contributed by atoms with Crippen molar-refractivity contribution < 1.29 is 0 Å². The van der Waals surface area contributed by atoms with Crippen LogP contribution in [0.25, 0.3) is 0 Å². The molecule has 0 saturated heterocycles. The Labute approximate surface area is 122 Å². The van der Waals surface area contributed by atoms with Crippen LogP contribution in [0.5, 0.6) is 0 Å². The molecule has 1 atom stereocenters. The summed E-state index contributed by atoms with van der Waals surface area (Å²) < 4.78 is 0. The van der Waals surface area contributed by atoms with Crippen molar-refractivity contribution in [1.29, 1.82) is 0 Å². The van der Waals surface area contributed by atoms with Crippen LogP contribution in [0.3, 0.4) is 0 Å². The minimum Gasteiger partial charge on any atom is -0.310 e. The molecule has 0 spiro atoms. The summed E-state index contributed by atoms with van der Waals surface area (Å²) in [4.78, 5) is 0. The summed E-state index contributed by atoms with van der Waals surface area (Å²) >= 11 is 6.42. The van der Waals surface area contributed by atoms with E-state index in [4.69, 9.17) is 11.6 Å². The van der Waals surface area contributed by atoms with Crippen molar-refractivity contribution >= 4 is 11.6 Å². The lowest BCUT2D eigenvalue weighted by Gasteiger charge is -2.28. The lowest BCUT2D eigenvalue weighted by atomic mass is 9.87. The lowest BCUT2D eigenvalue weighted by molar-refractivity contribution is 0.326. The van der Waals surface area contributed by atoms with Crippen molar-refractivity contribution in [3.63, 3.8) is 0 Å². The van der Waals surface area contributed by atoms with Crippen LogP contribution >= 0.6 is 11.6 Å². The zero-order chi connectivity index (χ0) is 13.5. The standard InChI is InChI=1S/C17H26ClN/c1-2-13-19-17(14-9-5-3-4-6-10-14)15-11-7-8-12-16(15)18/h7-8,11-12,14,17,19H,2-6,9-10,13H2,1H3. The summed E-state index contributed by atoms with van der Waals surface area (Å²) in [5.74, 6) is 0.744. The van der Waals surface area contributed by atoms with Gasteiger partial charge in [-0.1, -0.05) is 62.4 Å². The Balaban J connectivity index is 2.16. The number of nitrogens with one attached hydrogen (secondary N) is 1. The molecule has 1 aliphatic rings. The first-order valence-corrected chi connectivity index (χ1v) is 8.18. The van der Waals surface area contributed by atoms with Gasteiger partial charge in [0.05, 0.1) is 0 Å². The van der Waals surface area contributed by atoms with Gasteiger partial charge in [0.1, 0.15) is 0 Å². The molecule has 1 nitrogen and oxygen atoms in total. The minimum absolute atomic E-state index is 0.437. The van der Waals surface area contributed by atoms with Crippen molar-refractivity contribution in [3.05, 3.63) is 34.9 Å². The molecular formula is C17H26ClN. The Hall–Kier alpha value is -0.530. The maximum Gasteiger partial charge on any atom is 0.0453 e. The monoisotopic (exact) mass is 279 g/mol. The maximum absolute atomic E-state index is 6.42. The molecule has 1 aliphatic carbocycles. The van der Waals surface area contributed by atoms with Crippen LogP contribution in [0.15, 0.2) is 24.3 Å². The fraction of sp³-hybridized carbons (Fsp3) is 0.647. The van der Waals surface area contributed by atoms with E-state index in [9.17, 15) is 0 Å². The van der Waals surface area contributed by atoms with E-state index in [1.54, 1.807) is 0 Å².